The van der Waals surface area contributed by atoms with Gasteiger partial charge in [-0.25, -0.2) is 4.39 Å². The minimum atomic E-state index is -0.789. The third-order valence-corrected chi connectivity index (χ3v) is 4.26. The number of para-hydroxylation sites is 1. The summed E-state index contributed by atoms with van der Waals surface area (Å²) in [5, 5.41) is 2.75. The van der Waals surface area contributed by atoms with Crippen LogP contribution in [-0.2, 0) is 10.2 Å². The number of nitrogens with one attached hydrogen (secondary N) is 1. The van der Waals surface area contributed by atoms with Crippen molar-refractivity contribution in [3.05, 3.63) is 65.0 Å². The van der Waals surface area contributed by atoms with Gasteiger partial charge in [0.25, 0.3) is 11.8 Å². The molecule has 2 aromatic carbocycles. The van der Waals surface area contributed by atoms with Crippen LogP contribution in [0, 0.1) is 5.82 Å². The summed E-state index contributed by atoms with van der Waals surface area (Å²) in [5.74, 6) is -2.73. The zero-order valence-electron chi connectivity index (χ0n) is 14.8. The molecule has 0 atom stereocenters. The highest BCUT2D eigenvalue weighted by molar-refractivity contribution is 6.22. The second kappa shape index (κ2) is 6.37. The van der Waals surface area contributed by atoms with Crippen molar-refractivity contribution in [3.63, 3.8) is 0 Å². The predicted octanol–water partition coefficient (Wildman–Crippen LogP) is 3.36. The van der Waals surface area contributed by atoms with E-state index in [1.54, 1.807) is 12.1 Å². The highest BCUT2D eigenvalue weighted by Gasteiger charge is 2.38. The smallest absolute Gasteiger partial charge is 0.265 e. The summed E-state index contributed by atoms with van der Waals surface area (Å²) in [7, 11) is 0. The van der Waals surface area contributed by atoms with Gasteiger partial charge in [0.15, 0.2) is 0 Å². The summed E-state index contributed by atoms with van der Waals surface area (Å²) in [6.45, 7) is 5.59. The lowest BCUT2D eigenvalue weighted by molar-refractivity contribution is -0.116. The van der Waals surface area contributed by atoms with Crippen LogP contribution in [0.4, 0.5) is 10.1 Å². The van der Waals surface area contributed by atoms with Crippen LogP contribution in [-0.4, -0.2) is 29.2 Å². The molecule has 2 aromatic rings. The molecular weight excluding hydrogens is 335 g/mol. The number of hydrogen-bond acceptors (Lipinski definition) is 3. The van der Waals surface area contributed by atoms with Crippen molar-refractivity contribution in [2.75, 3.05) is 11.9 Å². The Morgan fingerprint density at radius 3 is 2.38 bits per heavy atom. The largest absolute Gasteiger partial charge is 0.324 e. The van der Waals surface area contributed by atoms with Crippen LogP contribution in [0.2, 0.25) is 0 Å². The van der Waals surface area contributed by atoms with Gasteiger partial charge in [-0.15, -0.1) is 0 Å². The summed E-state index contributed by atoms with van der Waals surface area (Å²) in [5.41, 5.74) is 1.07. The number of hydrogen-bond donors (Lipinski definition) is 1. The summed E-state index contributed by atoms with van der Waals surface area (Å²) in [4.78, 5) is 37.8. The van der Waals surface area contributed by atoms with Gasteiger partial charge in [-0.2, -0.15) is 0 Å². The van der Waals surface area contributed by atoms with E-state index in [-0.39, 0.29) is 16.5 Å². The number of halogens is 1. The zero-order valence-corrected chi connectivity index (χ0v) is 14.8. The van der Waals surface area contributed by atoms with Crippen molar-refractivity contribution >= 4 is 23.4 Å². The molecule has 1 aliphatic heterocycles. The first-order chi connectivity index (χ1) is 12.2. The fraction of sp³-hybridized carbons (Fsp3) is 0.250. The van der Waals surface area contributed by atoms with Crippen LogP contribution in [0.15, 0.2) is 42.5 Å². The normalized spacial score (nSPS) is 13.8. The minimum absolute atomic E-state index is 0.0158. The number of anilines is 1. The van der Waals surface area contributed by atoms with E-state index in [1.165, 1.54) is 12.1 Å². The summed E-state index contributed by atoms with van der Waals surface area (Å²) in [6, 6.07) is 11.2. The number of rotatable bonds is 3. The van der Waals surface area contributed by atoms with Crippen molar-refractivity contribution in [2.45, 2.75) is 26.2 Å². The second-order valence-electron chi connectivity index (χ2n) is 7.20. The van der Waals surface area contributed by atoms with Crippen molar-refractivity contribution in [3.8, 4) is 0 Å². The molecule has 6 heteroatoms. The van der Waals surface area contributed by atoms with Gasteiger partial charge in [0.2, 0.25) is 5.91 Å². The standard InChI is InChI=1S/C20H19FN2O3/c1-20(2,3)13-8-4-5-10-15(13)22-16(24)11-23-18(25)12-7-6-9-14(21)17(12)19(23)26/h4-10H,11H2,1-3H3,(H,22,24). The fourth-order valence-corrected chi connectivity index (χ4v) is 3.02. The minimum Gasteiger partial charge on any atom is -0.324 e. The first kappa shape index (κ1) is 17.8. The van der Waals surface area contributed by atoms with Gasteiger partial charge in [-0.05, 0) is 29.2 Å². The molecular formula is C20H19FN2O3. The number of benzene rings is 2. The molecule has 0 unspecified atom stereocenters. The maximum Gasteiger partial charge on any atom is 0.265 e. The van der Waals surface area contributed by atoms with Crippen LogP contribution in [0.3, 0.4) is 0 Å². The van der Waals surface area contributed by atoms with Crippen molar-refractivity contribution in [1.82, 2.24) is 4.90 Å². The summed E-state index contributed by atoms with van der Waals surface area (Å²) >= 11 is 0. The first-order valence-electron chi connectivity index (χ1n) is 8.24. The van der Waals surface area contributed by atoms with Crippen LogP contribution in [0.5, 0.6) is 0 Å². The molecule has 0 fully saturated rings. The first-order valence-corrected chi connectivity index (χ1v) is 8.24. The maximum absolute atomic E-state index is 13.9. The number of imide groups is 1. The molecule has 0 aliphatic carbocycles. The van der Waals surface area contributed by atoms with Gasteiger partial charge in [0.05, 0.1) is 11.1 Å². The van der Waals surface area contributed by atoms with E-state index in [0.29, 0.717) is 5.69 Å². The topological polar surface area (TPSA) is 66.5 Å². The molecule has 0 radical (unpaired) electrons. The molecule has 3 amide bonds. The second-order valence-corrected chi connectivity index (χ2v) is 7.20. The number of amides is 3. The lowest BCUT2D eigenvalue weighted by Crippen LogP contribution is -2.37. The van der Waals surface area contributed by atoms with Crippen LogP contribution < -0.4 is 5.32 Å². The average molecular weight is 354 g/mol. The third kappa shape index (κ3) is 3.10. The Hall–Kier alpha value is -3.02. The van der Waals surface area contributed by atoms with E-state index >= 15 is 0 Å². The Labute approximate surface area is 150 Å². The van der Waals surface area contributed by atoms with E-state index < -0.39 is 30.1 Å². The van der Waals surface area contributed by atoms with Crippen molar-refractivity contribution in [1.29, 1.82) is 0 Å². The van der Waals surface area contributed by atoms with Crippen LogP contribution in [0.1, 0.15) is 47.1 Å². The summed E-state index contributed by atoms with van der Waals surface area (Å²) < 4.78 is 13.9. The lowest BCUT2D eigenvalue weighted by Gasteiger charge is -2.23. The molecule has 1 heterocycles. The van der Waals surface area contributed by atoms with E-state index in [4.69, 9.17) is 0 Å². The molecule has 134 valence electrons. The number of carbonyl (C=O) groups is 3. The van der Waals surface area contributed by atoms with Gasteiger partial charge in [-0.1, -0.05) is 45.0 Å². The molecule has 0 aromatic heterocycles. The molecule has 5 nitrogen and oxygen atoms in total. The SMILES string of the molecule is CC(C)(C)c1ccccc1NC(=O)CN1C(=O)c2cccc(F)c2C1=O. The van der Waals surface area contributed by atoms with Crippen LogP contribution >= 0.6 is 0 Å². The monoisotopic (exact) mass is 354 g/mol. The van der Waals surface area contributed by atoms with E-state index in [0.717, 1.165) is 16.5 Å². The van der Waals surface area contributed by atoms with Gasteiger partial charge in [0, 0.05) is 5.69 Å². The Balaban J connectivity index is 1.80. The Bertz CT molecular complexity index is 916. The average Bonchev–Trinajstić information content (AvgIpc) is 2.80. The van der Waals surface area contributed by atoms with E-state index in [1.807, 2.05) is 32.9 Å². The van der Waals surface area contributed by atoms with E-state index in [9.17, 15) is 18.8 Å². The lowest BCUT2D eigenvalue weighted by atomic mass is 9.86. The predicted molar refractivity (Wildman–Crippen MR) is 95.5 cm³/mol. The molecule has 0 bridgehead atoms. The van der Waals surface area contributed by atoms with Gasteiger partial charge >= 0.3 is 0 Å². The fourth-order valence-electron chi connectivity index (χ4n) is 3.02. The van der Waals surface area contributed by atoms with Gasteiger partial charge in [0.1, 0.15) is 12.4 Å². The molecule has 26 heavy (non-hydrogen) atoms. The Morgan fingerprint density at radius 2 is 1.73 bits per heavy atom. The maximum atomic E-state index is 13.9. The van der Waals surface area contributed by atoms with Crippen LogP contribution in [0.25, 0.3) is 0 Å². The molecule has 0 spiro atoms. The Kier molecular flexibility index (Phi) is 4.36. The highest BCUT2D eigenvalue weighted by atomic mass is 19.1. The van der Waals surface area contributed by atoms with E-state index in [2.05, 4.69) is 5.32 Å². The molecule has 1 N–H and O–H groups in total. The molecule has 0 saturated carbocycles. The number of carbonyl (C=O) groups excluding carboxylic acids is 3. The van der Waals surface area contributed by atoms with Crippen molar-refractivity contribution in [2.24, 2.45) is 0 Å². The van der Waals surface area contributed by atoms with Gasteiger partial charge in [-0.3, -0.25) is 19.3 Å². The van der Waals surface area contributed by atoms with Gasteiger partial charge < -0.3 is 5.32 Å². The zero-order chi connectivity index (χ0) is 19.1. The number of fused-ring (bicyclic) bond motifs is 1. The third-order valence-electron chi connectivity index (χ3n) is 4.26. The molecule has 3 rings (SSSR count). The molecule has 0 saturated heterocycles. The number of nitrogens with zero attached hydrogens (tertiary/aromatic N) is 1. The molecule has 1 aliphatic rings. The highest BCUT2D eigenvalue weighted by Crippen LogP contribution is 2.29. The van der Waals surface area contributed by atoms with Crippen molar-refractivity contribution < 1.29 is 18.8 Å². The Morgan fingerprint density at radius 1 is 1.04 bits per heavy atom. The summed E-state index contributed by atoms with van der Waals surface area (Å²) in [6.07, 6.45) is 0. The quantitative estimate of drug-likeness (QED) is 0.860.